The lowest BCUT2D eigenvalue weighted by atomic mass is 9.68. The predicted octanol–water partition coefficient (Wildman–Crippen LogP) is 5.89. The molecule has 1 unspecified atom stereocenters. The van der Waals surface area contributed by atoms with Crippen LogP contribution in [0.1, 0.15) is 43.9 Å². The number of nitrogens with one attached hydrogen (secondary N) is 1. The number of ether oxygens (including phenoxy) is 3. The Morgan fingerprint density at radius 1 is 1.06 bits per heavy atom. The highest BCUT2D eigenvalue weighted by Crippen LogP contribution is 2.53. The Morgan fingerprint density at radius 2 is 1.91 bits per heavy atom. The molecule has 2 heterocycles. The molecule has 1 atom stereocenters. The summed E-state index contributed by atoms with van der Waals surface area (Å²) in [5.41, 5.74) is 5.06. The maximum Gasteiger partial charge on any atom is 0.231 e. The summed E-state index contributed by atoms with van der Waals surface area (Å²) in [6, 6.07) is 16.3. The van der Waals surface area contributed by atoms with Gasteiger partial charge in [0.05, 0.1) is 13.2 Å². The van der Waals surface area contributed by atoms with Crippen molar-refractivity contribution in [2.24, 2.45) is 5.41 Å². The van der Waals surface area contributed by atoms with E-state index in [4.69, 9.17) is 14.2 Å². The van der Waals surface area contributed by atoms with Gasteiger partial charge in [0.15, 0.2) is 17.3 Å². The number of methoxy groups -OCH3 is 1. The van der Waals surface area contributed by atoms with Gasteiger partial charge in [0, 0.05) is 23.2 Å². The van der Waals surface area contributed by atoms with E-state index in [1.165, 1.54) is 10.8 Å². The second kappa shape index (κ2) is 6.76. The molecule has 3 aliphatic rings. The molecule has 2 aliphatic heterocycles. The molecule has 0 aromatic heterocycles. The molecule has 0 radical (unpaired) electrons. The summed E-state index contributed by atoms with van der Waals surface area (Å²) in [7, 11) is 1.62. The van der Waals surface area contributed by atoms with Crippen LogP contribution in [-0.4, -0.2) is 19.7 Å². The summed E-state index contributed by atoms with van der Waals surface area (Å²) in [4.78, 5) is 13.6. The monoisotopic (exact) mass is 427 g/mol. The van der Waals surface area contributed by atoms with Crippen molar-refractivity contribution in [1.82, 2.24) is 0 Å². The fraction of sp³-hybridized carbons (Fsp3) is 0.296. The molecular weight excluding hydrogens is 402 g/mol. The number of allylic oxidation sites excluding steroid dienone is 1. The number of rotatable bonds is 2. The number of Topliss-reactive ketones (excluding diaryl/α,β-unsaturated/α-hetero) is 1. The first-order chi connectivity index (χ1) is 15.4. The molecule has 6 rings (SSSR count). The molecule has 0 bridgehead atoms. The van der Waals surface area contributed by atoms with E-state index >= 15 is 0 Å². The Hall–Kier alpha value is -3.47. The second-order valence-electron chi connectivity index (χ2n) is 9.58. The lowest BCUT2D eigenvalue weighted by molar-refractivity contribution is -0.118. The van der Waals surface area contributed by atoms with Crippen molar-refractivity contribution in [3.63, 3.8) is 0 Å². The first-order valence-electron chi connectivity index (χ1n) is 11.0. The second-order valence-corrected chi connectivity index (χ2v) is 9.58. The minimum Gasteiger partial charge on any atom is -0.493 e. The van der Waals surface area contributed by atoms with Crippen molar-refractivity contribution in [3.8, 4) is 17.2 Å². The van der Waals surface area contributed by atoms with Gasteiger partial charge in [-0.2, -0.15) is 0 Å². The average Bonchev–Trinajstić information content (AvgIpc) is 3.25. The fourth-order valence-corrected chi connectivity index (χ4v) is 5.40. The van der Waals surface area contributed by atoms with E-state index in [9.17, 15) is 4.79 Å². The molecule has 0 amide bonds. The van der Waals surface area contributed by atoms with Crippen LogP contribution < -0.4 is 19.5 Å². The highest BCUT2D eigenvalue weighted by molar-refractivity contribution is 6.12. The van der Waals surface area contributed by atoms with Gasteiger partial charge >= 0.3 is 0 Å². The third kappa shape index (κ3) is 2.80. The highest BCUT2D eigenvalue weighted by atomic mass is 16.7. The minimum atomic E-state index is -0.273. The number of carbonyl (C=O) groups excluding carboxylic acids is 1. The number of ketones is 1. The SMILES string of the molecule is COc1cc(C2Nc3ccc4ccccc4c3C3=C2C(=O)CC(C)(C)C3)cc2c1OCO2. The van der Waals surface area contributed by atoms with Crippen molar-refractivity contribution in [2.45, 2.75) is 32.7 Å². The van der Waals surface area contributed by atoms with E-state index < -0.39 is 0 Å². The summed E-state index contributed by atoms with van der Waals surface area (Å²) >= 11 is 0. The van der Waals surface area contributed by atoms with E-state index in [2.05, 4.69) is 55.6 Å². The number of carbonyl (C=O) groups is 1. The Bertz CT molecular complexity index is 1320. The molecule has 3 aromatic carbocycles. The lowest BCUT2D eigenvalue weighted by Gasteiger charge is -2.40. The topological polar surface area (TPSA) is 56.8 Å². The molecule has 162 valence electrons. The molecule has 3 aromatic rings. The third-order valence-corrected chi connectivity index (χ3v) is 6.75. The zero-order chi connectivity index (χ0) is 22.0. The summed E-state index contributed by atoms with van der Waals surface area (Å²) < 4.78 is 16.8. The van der Waals surface area contributed by atoms with E-state index in [-0.39, 0.29) is 24.0 Å². The molecule has 1 N–H and O–H groups in total. The van der Waals surface area contributed by atoms with Gasteiger partial charge in [-0.05, 0) is 51.9 Å². The number of anilines is 1. The lowest BCUT2D eigenvalue weighted by Crippen LogP contribution is -2.33. The van der Waals surface area contributed by atoms with Gasteiger partial charge in [0.2, 0.25) is 12.5 Å². The van der Waals surface area contributed by atoms with Crippen molar-refractivity contribution in [2.75, 3.05) is 19.2 Å². The quantitative estimate of drug-likeness (QED) is 0.553. The summed E-state index contributed by atoms with van der Waals surface area (Å²) in [5.74, 6) is 2.08. The first kappa shape index (κ1) is 19.2. The molecule has 0 spiro atoms. The molecule has 0 saturated carbocycles. The molecule has 0 saturated heterocycles. The molecule has 32 heavy (non-hydrogen) atoms. The Morgan fingerprint density at radius 3 is 2.75 bits per heavy atom. The van der Waals surface area contributed by atoms with Crippen molar-refractivity contribution in [1.29, 1.82) is 0 Å². The number of fused-ring (bicyclic) bond motifs is 5. The van der Waals surface area contributed by atoms with Gasteiger partial charge in [-0.1, -0.05) is 44.2 Å². The normalized spacial score (nSPS) is 20.6. The summed E-state index contributed by atoms with van der Waals surface area (Å²) in [5, 5.41) is 6.03. The van der Waals surface area contributed by atoms with E-state index in [0.717, 1.165) is 34.4 Å². The van der Waals surface area contributed by atoms with Crippen LogP contribution in [0.4, 0.5) is 5.69 Å². The zero-order valence-electron chi connectivity index (χ0n) is 18.5. The Balaban J connectivity index is 1.61. The van der Waals surface area contributed by atoms with Crippen LogP contribution in [0, 0.1) is 5.41 Å². The average molecular weight is 428 g/mol. The molecule has 0 fully saturated rings. The van der Waals surface area contributed by atoms with Crippen molar-refractivity contribution >= 4 is 27.8 Å². The van der Waals surface area contributed by atoms with Gasteiger partial charge < -0.3 is 19.5 Å². The highest BCUT2D eigenvalue weighted by Gasteiger charge is 2.41. The molecule has 5 nitrogen and oxygen atoms in total. The minimum absolute atomic E-state index is 0.0847. The summed E-state index contributed by atoms with van der Waals surface area (Å²) in [6.07, 6.45) is 1.39. The van der Waals surface area contributed by atoms with Crippen LogP contribution in [-0.2, 0) is 4.79 Å². The third-order valence-electron chi connectivity index (χ3n) is 6.75. The molecule has 1 aliphatic carbocycles. The van der Waals surface area contributed by atoms with E-state index in [0.29, 0.717) is 23.7 Å². The van der Waals surface area contributed by atoms with Crippen LogP contribution in [0.15, 0.2) is 54.1 Å². The smallest absolute Gasteiger partial charge is 0.231 e. The summed E-state index contributed by atoms with van der Waals surface area (Å²) in [6.45, 7) is 4.53. The number of benzene rings is 3. The molecular formula is C27H25NO4. The van der Waals surface area contributed by atoms with Crippen LogP contribution in [0.3, 0.4) is 0 Å². The van der Waals surface area contributed by atoms with Gasteiger partial charge in [0.25, 0.3) is 0 Å². The largest absolute Gasteiger partial charge is 0.493 e. The maximum absolute atomic E-state index is 13.6. The van der Waals surface area contributed by atoms with E-state index in [1.807, 2.05) is 12.1 Å². The van der Waals surface area contributed by atoms with Gasteiger partial charge in [-0.25, -0.2) is 0 Å². The number of hydrogen-bond acceptors (Lipinski definition) is 5. The Kier molecular flexibility index (Phi) is 4.06. The predicted molar refractivity (Wildman–Crippen MR) is 124 cm³/mol. The van der Waals surface area contributed by atoms with Gasteiger partial charge in [-0.3, -0.25) is 4.79 Å². The zero-order valence-corrected chi connectivity index (χ0v) is 18.5. The van der Waals surface area contributed by atoms with Crippen molar-refractivity contribution in [3.05, 3.63) is 65.2 Å². The maximum atomic E-state index is 13.6. The van der Waals surface area contributed by atoms with Gasteiger partial charge in [0.1, 0.15) is 0 Å². The standard InChI is InChI=1S/C27H25NO4/c1-27(2)12-18-23-17-7-5-4-6-15(17)8-9-19(23)28-25(24(18)20(29)13-27)16-10-21(30-3)26-22(11-16)31-14-32-26/h4-11,25,28H,12-14H2,1-3H3. The van der Waals surface area contributed by atoms with Crippen LogP contribution in [0.2, 0.25) is 0 Å². The first-order valence-corrected chi connectivity index (χ1v) is 11.0. The van der Waals surface area contributed by atoms with Gasteiger partial charge in [-0.15, -0.1) is 0 Å². The van der Waals surface area contributed by atoms with Crippen molar-refractivity contribution < 1.29 is 19.0 Å². The van der Waals surface area contributed by atoms with E-state index in [1.54, 1.807) is 7.11 Å². The number of hydrogen-bond donors (Lipinski definition) is 1. The molecule has 5 heteroatoms. The van der Waals surface area contributed by atoms with Crippen LogP contribution >= 0.6 is 0 Å². The Labute approximate surface area is 187 Å². The van der Waals surface area contributed by atoms with Crippen LogP contribution in [0.5, 0.6) is 17.2 Å². The fourth-order valence-electron chi connectivity index (χ4n) is 5.40. The van der Waals surface area contributed by atoms with Crippen LogP contribution in [0.25, 0.3) is 16.3 Å².